The highest BCUT2D eigenvalue weighted by molar-refractivity contribution is 6.30. The van der Waals surface area contributed by atoms with E-state index in [1.165, 1.54) is 13.3 Å². The van der Waals surface area contributed by atoms with E-state index in [1.54, 1.807) is 42.5 Å². The van der Waals surface area contributed by atoms with Gasteiger partial charge in [-0.15, -0.1) is 0 Å². The van der Waals surface area contributed by atoms with Crippen LogP contribution < -0.4 is 9.47 Å². The number of hydrogen-bond donors (Lipinski definition) is 0. The van der Waals surface area contributed by atoms with Gasteiger partial charge in [-0.05, 0) is 66.3 Å². The number of halogens is 1. The van der Waals surface area contributed by atoms with Crippen molar-refractivity contribution >= 4 is 35.6 Å². The Morgan fingerprint density at radius 2 is 1.69 bits per heavy atom. The summed E-state index contributed by atoms with van der Waals surface area (Å²) < 4.78 is 10.8. The first-order valence-corrected chi connectivity index (χ1v) is 10.6. The van der Waals surface area contributed by atoms with Crippen LogP contribution in [0, 0.1) is 23.7 Å². The number of carbonyl (C=O) groups excluding carboxylic acids is 3. The van der Waals surface area contributed by atoms with Gasteiger partial charge < -0.3 is 9.47 Å². The predicted octanol–water partition coefficient (Wildman–Crippen LogP) is 3.71. The van der Waals surface area contributed by atoms with Crippen molar-refractivity contribution < 1.29 is 23.9 Å². The Bertz CT molecular complexity index is 1140. The molecular formula is C24H19ClN2O5. The summed E-state index contributed by atoms with van der Waals surface area (Å²) >= 11 is 5.85. The minimum Gasteiger partial charge on any atom is -0.493 e. The quantitative estimate of drug-likeness (QED) is 0.228. The molecule has 2 aliphatic carbocycles. The van der Waals surface area contributed by atoms with Crippen LogP contribution in [0.3, 0.4) is 0 Å². The molecule has 0 radical (unpaired) electrons. The van der Waals surface area contributed by atoms with Crippen molar-refractivity contribution in [3.8, 4) is 11.5 Å². The largest absolute Gasteiger partial charge is 0.493 e. The number of hydrazone groups is 1. The fraction of sp³-hybridized carbons (Fsp3) is 0.250. The summed E-state index contributed by atoms with van der Waals surface area (Å²) in [5.41, 5.74) is 0.939. The van der Waals surface area contributed by atoms with Gasteiger partial charge in [0.15, 0.2) is 11.5 Å². The molecule has 4 atom stereocenters. The molecule has 32 heavy (non-hydrogen) atoms. The van der Waals surface area contributed by atoms with E-state index < -0.39 is 5.97 Å². The Morgan fingerprint density at radius 1 is 1.03 bits per heavy atom. The molecule has 1 saturated carbocycles. The van der Waals surface area contributed by atoms with Crippen LogP contribution in [0.2, 0.25) is 5.02 Å². The molecule has 5 rings (SSSR count). The number of rotatable bonds is 5. The van der Waals surface area contributed by atoms with Crippen LogP contribution in [-0.2, 0) is 9.59 Å². The summed E-state index contributed by atoms with van der Waals surface area (Å²) in [6.45, 7) is 0. The molecule has 1 heterocycles. The lowest BCUT2D eigenvalue weighted by atomic mass is 9.85. The van der Waals surface area contributed by atoms with Gasteiger partial charge in [0.2, 0.25) is 0 Å². The maximum absolute atomic E-state index is 12.7. The molecule has 4 unspecified atom stereocenters. The van der Waals surface area contributed by atoms with Gasteiger partial charge in [0.05, 0.1) is 30.7 Å². The molecule has 0 aromatic heterocycles. The zero-order chi connectivity index (χ0) is 22.4. The van der Waals surface area contributed by atoms with Crippen molar-refractivity contribution in [2.24, 2.45) is 28.8 Å². The zero-order valence-electron chi connectivity index (χ0n) is 17.1. The van der Waals surface area contributed by atoms with Crippen molar-refractivity contribution in [3.05, 3.63) is 70.8 Å². The average Bonchev–Trinajstić information content (AvgIpc) is 3.48. The number of hydrogen-bond acceptors (Lipinski definition) is 6. The number of ether oxygens (including phenoxy) is 2. The Labute approximate surface area is 189 Å². The highest BCUT2D eigenvalue weighted by Gasteiger charge is 2.59. The molecule has 0 spiro atoms. The minimum absolute atomic E-state index is 0.136. The fourth-order valence-corrected chi connectivity index (χ4v) is 4.84. The normalized spacial score (nSPS) is 25.6. The van der Waals surface area contributed by atoms with Gasteiger partial charge in [0.25, 0.3) is 11.8 Å². The second-order valence-electron chi connectivity index (χ2n) is 8.04. The Balaban J connectivity index is 1.31. The summed E-state index contributed by atoms with van der Waals surface area (Å²) in [6.07, 6.45) is 6.38. The lowest BCUT2D eigenvalue weighted by Crippen LogP contribution is -2.28. The number of allylic oxidation sites excluding steroid dienone is 2. The number of esters is 1. The maximum Gasteiger partial charge on any atom is 0.343 e. The fourth-order valence-electron chi connectivity index (χ4n) is 4.72. The number of amides is 2. The molecule has 2 aromatic rings. The second kappa shape index (κ2) is 7.91. The molecule has 3 aliphatic rings. The van der Waals surface area contributed by atoms with E-state index in [9.17, 15) is 14.4 Å². The standard InChI is InChI=1S/C24H19ClN2O5/c1-31-19-10-13(2-9-18(19)32-24(30)14-5-7-17(25)8-6-14)12-26-27-22(28)20-15-3-4-16(11-15)21(20)23(27)29/h2-10,12,15-16,20-21H,11H2,1H3. The maximum atomic E-state index is 12.7. The van der Waals surface area contributed by atoms with Crippen molar-refractivity contribution in [1.29, 1.82) is 0 Å². The first kappa shape index (κ1) is 20.5. The van der Waals surface area contributed by atoms with Gasteiger partial charge in [-0.3, -0.25) is 9.59 Å². The third-order valence-corrected chi connectivity index (χ3v) is 6.49. The smallest absolute Gasteiger partial charge is 0.343 e. The van der Waals surface area contributed by atoms with Gasteiger partial charge in [-0.2, -0.15) is 10.1 Å². The summed E-state index contributed by atoms with van der Waals surface area (Å²) in [7, 11) is 1.45. The van der Waals surface area contributed by atoms with Gasteiger partial charge in [0.1, 0.15) is 0 Å². The van der Waals surface area contributed by atoms with Crippen LogP contribution in [0.5, 0.6) is 11.5 Å². The molecule has 1 saturated heterocycles. The van der Waals surface area contributed by atoms with Crippen LogP contribution in [-0.4, -0.2) is 36.1 Å². The predicted molar refractivity (Wildman–Crippen MR) is 117 cm³/mol. The van der Waals surface area contributed by atoms with Crippen molar-refractivity contribution in [3.63, 3.8) is 0 Å². The van der Waals surface area contributed by atoms with Gasteiger partial charge in [0, 0.05) is 5.02 Å². The van der Waals surface area contributed by atoms with Crippen molar-refractivity contribution in [2.45, 2.75) is 6.42 Å². The number of fused-ring (bicyclic) bond motifs is 5. The number of benzene rings is 2. The van der Waals surface area contributed by atoms with Crippen LogP contribution in [0.4, 0.5) is 0 Å². The van der Waals surface area contributed by atoms with E-state index >= 15 is 0 Å². The van der Waals surface area contributed by atoms with E-state index in [4.69, 9.17) is 21.1 Å². The number of carbonyl (C=O) groups is 3. The monoisotopic (exact) mass is 450 g/mol. The number of imide groups is 1. The topological polar surface area (TPSA) is 85.3 Å². The molecule has 162 valence electrons. The van der Waals surface area contributed by atoms with E-state index in [-0.39, 0.29) is 41.2 Å². The van der Waals surface area contributed by atoms with E-state index in [0.29, 0.717) is 21.9 Å². The molecule has 2 aromatic carbocycles. The molecule has 2 amide bonds. The van der Waals surface area contributed by atoms with E-state index in [0.717, 1.165) is 11.4 Å². The molecule has 2 bridgehead atoms. The Hall–Kier alpha value is -3.45. The minimum atomic E-state index is -0.551. The van der Waals surface area contributed by atoms with Crippen molar-refractivity contribution in [2.75, 3.05) is 7.11 Å². The SMILES string of the molecule is COc1cc(C=NN2C(=O)C3C4C=CC(C4)C3C2=O)ccc1OC(=O)c1ccc(Cl)cc1. The molecule has 7 nitrogen and oxygen atoms in total. The summed E-state index contributed by atoms with van der Waals surface area (Å²) in [6, 6.07) is 11.2. The molecule has 2 fully saturated rings. The average molecular weight is 451 g/mol. The summed E-state index contributed by atoms with van der Waals surface area (Å²) in [5, 5.41) is 5.67. The number of methoxy groups -OCH3 is 1. The van der Waals surface area contributed by atoms with Crippen LogP contribution >= 0.6 is 11.6 Å². The highest BCUT2D eigenvalue weighted by atomic mass is 35.5. The highest BCUT2D eigenvalue weighted by Crippen LogP contribution is 2.52. The van der Waals surface area contributed by atoms with Crippen LogP contribution in [0.25, 0.3) is 0 Å². The second-order valence-corrected chi connectivity index (χ2v) is 8.48. The van der Waals surface area contributed by atoms with E-state index in [1.807, 2.05) is 12.2 Å². The first-order valence-electron chi connectivity index (χ1n) is 10.2. The lowest BCUT2D eigenvalue weighted by Gasteiger charge is -2.13. The summed E-state index contributed by atoms with van der Waals surface area (Å²) in [5.74, 6) is -0.804. The number of nitrogens with zero attached hydrogens (tertiary/aromatic N) is 2. The lowest BCUT2D eigenvalue weighted by molar-refractivity contribution is -0.140. The van der Waals surface area contributed by atoms with Gasteiger partial charge in [-0.1, -0.05) is 23.8 Å². The van der Waals surface area contributed by atoms with E-state index in [2.05, 4.69) is 5.10 Å². The Kier molecular flexibility index (Phi) is 5.06. The van der Waals surface area contributed by atoms with Crippen LogP contribution in [0.1, 0.15) is 22.3 Å². The molecule has 8 heteroatoms. The Morgan fingerprint density at radius 3 is 2.31 bits per heavy atom. The molecular weight excluding hydrogens is 432 g/mol. The zero-order valence-corrected chi connectivity index (χ0v) is 17.9. The summed E-state index contributed by atoms with van der Waals surface area (Å²) in [4.78, 5) is 37.8. The third-order valence-electron chi connectivity index (χ3n) is 6.24. The molecule has 1 aliphatic heterocycles. The molecule has 0 N–H and O–H groups in total. The van der Waals surface area contributed by atoms with Gasteiger partial charge in [-0.25, -0.2) is 4.79 Å². The third kappa shape index (κ3) is 3.39. The van der Waals surface area contributed by atoms with Crippen LogP contribution in [0.15, 0.2) is 59.7 Å². The van der Waals surface area contributed by atoms with Gasteiger partial charge >= 0.3 is 5.97 Å². The first-order chi connectivity index (χ1) is 15.5. The van der Waals surface area contributed by atoms with Crippen molar-refractivity contribution in [1.82, 2.24) is 5.01 Å².